The van der Waals surface area contributed by atoms with Crippen molar-refractivity contribution >= 4 is 24.1 Å². The first-order valence-corrected chi connectivity index (χ1v) is 7.49. The molecule has 1 unspecified atom stereocenters. The lowest BCUT2D eigenvalue weighted by Gasteiger charge is -2.18. The maximum Gasteiger partial charge on any atom is 0.519 e. The van der Waals surface area contributed by atoms with E-state index in [4.69, 9.17) is 14.9 Å². The number of amides is 1. The standard InChI is InChI=1S/C15H20N2O8/c1-8(2)23-13(19)11(5-4-10(18)6-16)17-14(20)22-7-12-9(3)24-15(21)25-12/h6,8,11,16H,4-5,7H2,1-3H3,(H,17,20). The van der Waals surface area contributed by atoms with Crippen LogP contribution in [0.4, 0.5) is 4.79 Å². The van der Waals surface area contributed by atoms with Crippen LogP contribution in [-0.2, 0) is 25.7 Å². The molecule has 138 valence electrons. The molecule has 1 amide bonds. The Labute approximate surface area is 143 Å². The van der Waals surface area contributed by atoms with E-state index in [9.17, 15) is 19.2 Å². The van der Waals surface area contributed by atoms with E-state index in [0.717, 1.165) is 0 Å². The Morgan fingerprint density at radius 2 is 1.96 bits per heavy atom. The summed E-state index contributed by atoms with van der Waals surface area (Å²) in [6, 6.07) is -1.11. The largest absolute Gasteiger partial charge is 0.519 e. The second kappa shape index (κ2) is 9.40. The Balaban J connectivity index is 2.64. The van der Waals surface area contributed by atoms with Crippen LogP contribution < -0.4 is 11.1 Å². The first-order chi connectivity index (χ1) is 11.7. The fraction of sp³-hybridized carbons (Fsp3) is 0.533. The molecule has 1 aromatic rings. The molecule has 10 heteroatoms. The highest BCUT2D eigenvalue weighted by molar-refractivity contribution is 6.26. The number of Topliss-reactive ketones (excluding diaryl/α,β-unsaturated/α-hetero) is 1. The van der Waals surface area contributed by atoms with Gasteiger partial charge in [-0.05, 0) is 27.2 Å². The number of hydrogen-bond donors (Lipinski definition) is 2. The van der Waals surface area contributed by atoms with E-state index in [1.807, 2.05) is 0 Å². The summed E-state index contributed by atoms with van der Waals surface area (Å²) in [5.41, 5.74) is 0. The second-order valence-corrected chi connectivity index (χ2v) is 5.34. The van der Waals surface area contributed by atoms with Gasteiger partial charge in [-0.1, -0.05) is 0 Å². The molecule has 10 nitrogen and oxygen atoms in total. The van der Waals surface area contributed by atoms with E-state index >= 15 is 0 Å². The summed E-state index contributed by atoms with van der Waals surface area (Å²) in [4.78, 5) is 45.9. The smallest absolute Gasteiger partial charge is 0.461 e. The molecule has 1 rings (SSSR count). The molecule has 25 heavy (non-hydrogen) atoms. The summed E-state index contributed by atoms with van der Waals surface area (Å²) < 4.78 is 19.2. The second-order valence-electron chi connectivity index (χ2n) is 5.34. The van der Waals surface area contributed by atoms with Crippen LogP contribution in [0.25, 0.3) is 0 Å². The zero-order chi connectivity index (χ0) is 19.0. The minimum absolute atomic E-state index is 0.0421. The van der Waals surface area contributed by atoms with Crippen molar-refractivity contribution in [2.45, 2.75) is 52.4 Å². The molecule has 0 radical (unpaired) electrons. The summed E-state index contributed by atoms with van der Waals surface area (Å²) in [7, 11) is 0. The van der Waals surface area contributed by atoms with Gasteiger partial charge in [0, 0.05) is 6.42 Å². The fourth-order valence-electron chi connectivity index (χ4n) is 1.74. The molecule has 0 fully saturated rings. The highest BCUT2D eigenvalue weighted by Gasteiger charge is 2.25. The number of alkyl carbamates (subject to hydrolysis) is 1. The van der Waals surface area contributed by atoms with Gasteiger partial charge in [-0.25, -0.2) is 14.4 Å². The number of ether oxygens (including phenoxy) is 2. The van der Waals surface area contributed by atoms with E-state index in [1.165, 1.54) is 6.92 Å². The van der Waals surface area contributed by atoms with E-state index in [0.29, 0.717) is 6.21 Å². The number of carbonyl (C=O) groups is 3. The molecule has 0 bridgehead atoms. The number of esters is 1. The van der Waals surface area contributed by atoms with E-state index < -0.39 is 35.8 Å². The van der Waals surface area contributed by atoms with Crippen molar-refractivity contribution in [1.82, 2.24) is 5.32 Å². The van der Waals surface area contributed by atoms with Gasteiger partial charge in [0.2, 0.25) is 0 Å². The summed E-state index contributed by atoms with van der Waals surface area (Å²) in [5.74, 6) is -1.92. The van der Waals surface area contributed by atoms with Crippen molar-refractivity contribution in [2.75, 3.05) is 0 Å². The van der Waals surface area contributed by atoms with Gasteiger partial charge in [0.25, 0.3) is 0 Å². The molecule has 1 aromatic heterocycles. The first-order valence-electron chi connectivity index (χ1n) is 7.49. The molecule has 1 heterocycles. The topological polar surface area (TPSA) is 149 Å². The molecular weight excluding hydrogens is 336 g/mol. The lowest BCUT2D eigenvalue weighted by molar-refractivity contribution is -0.150. The average Bonchev–Trinajstić information content (AvgIpc) is 2.85. The Morgan fingerprint density at radius 1 is 1.28 bits per heavy atom. The third-order valence-corrected chi connectivity index (χ3v) is 2.94. The quantitative estimate of drug-likeness (QED) is 0.493. The molecule has 0 saturated carbocycles. The Kier molecular flexibility index (Phi) is 7.57. The van der Waals surface area contributed by atoms with Gasteiger partial charge in [-0.2, -0.15) is 0 Å². The summed E-state index contributed by atoms with van der Waals surface area (Å²) in [6.07, 6.45) is -0.899. The van der Waals surface area contributed by atoms with Gasteiger partial charge in [-0.3, -0.25) is 4.79 Å². The lowest BCUT2D eigenvalue weighted by Crippen LogP contribution is -2.43. The fourth-order valence-corrected chi connectivity index (χ4v) is 1.74. The predicted octanol–water partition coefficient (Wildman–Crippen LogP) is 1.09. The van der Waals surface area contributed by atoms with Gasteiger partial charge in [0.05, 0.1) is 12.3 Å². The number of ketones is 1. The zero-order valence-electron chi connectivity index (χ0n) is 14.1. The molecule has 0 aromatic carbocycles. The predicted molar refractivity (Wildman–Crippen MR) is 83.3 cm³/mol. The average molecular weight is 356 g/mol. The summed E-state index contributed by atoms with van der Waals surface area (Å²) >= 11 is 0. The molecular formula is C15H20N2O8. The Bertz CT molecular complexity index is 688. The third kappa shape index (κ3) is 7.02. The van der Waals surface area contributed by atoms with Crippen LogP contribution in [0.5, 0.6) is 0 Å². The SMILES string of the molecule is Cc1oc(=O)oc1COC(=O)NC(CCC(=O)C=N)C(=O)OC(C)C. The highest BCUT2D eigenvalue weighted by Crippen LogP contribution is 2.08. The number of rotatable bonds is 9. The van der Waals surface area contributed by atoms with Gasteiger partial charge in [-0.15, -0.1) is 0 Å². The Morgan fingerprint density at radius 3 is 2.48 bits per heavy atom. The summed E-state index contributed by atoms with van der Waals surface area (Å²) in [5, 5.41) is 9.14. The summed E-state index contributed by atoms with van der Waals surface area (Å²) in [6.45, 7) is 4.38. The van der Waals surface area contributed by atoms with E-state index in [2.05, 4.69) is 14.2 Å². The monoisotopic (exact) mass is 356 g/mol. The highest BCUT2D eigenvalue weighted by atomic mass is 16.6. The number of aryl methyl sites for hydroxylation is 1. The number of hydrogen-bond acceptors (Lipinski definition) is 9. The number of carbonyl (C=O) groups excluding carboxylic acids is 3. The van der Waals surface area contributed by atoms with Crippen molar-refractivity contribution in [3.05, 3.63) is 22.1 Å². The van der Waals surface area contributed by atoms with Crippen molar-refractivity contribution < 1.29 is 32.7 Å². The van der Waals surface area contributed by atoms with Crippen LogP contribution in [0.1, 0.15) is 38.2 Å². The van der Waals surface area contributed by atoms with Crippen molar-refractivity contribution in [3.8, 4) is 0 Å². The zero-order valence-corrected chi connectivity index (χ0v) is 14.1. The Hall–Kier alpha value is -2.91. The molecule has 0 aliphatic rings. The molecule has 2 N–H and O–H groups in total. The van der Waals surface area contributed by atoms with Crippen molar-refractivity contribution in [1.29, 1.82) is 5.41 Å². The van der Waals surface area contributed by atoms with Gasteiger partial charge >= 0.3 is 17.9 Å². The minimum Gasteiger partial charge on any atom is -0.461 e. The van der Waals surface area contributed by atoms with Gasteiger partial charge in [0.1, 0.15) is 6.04 Å². The maximum atomic E-state index is 12.0. The van der Waals surface area contributed by atoms with Crippen LogP contribution in [0.3, 0.4) is 0 Å². The molecule has 0 aliphatic heterocycles. The van der Waals surface area contributed by atoms with Gasteiger partial charge in [0.15, 0.2) is 23.9 Å². The van der Waals surface area contributed by atoms with Gasteiger partial charge < -0.3 is 29.0 Å². The van der Waals surface area contributed by atoms with Crippen LogP contribution in [0.2, 0.25) is 0 Å². The molecule has 0 spiro atoms. The minimum atomic E-state index is -1.11. The first kappa shape index (κ1) is 20.1. The van der Waals surface area contributed by atoms with Crippen molar-refractivity contribution in [2.24, 2.45) is 0 Å². The van der Waals surface area contributed by atoms with Crippen LogP contribution >= 0.6 is 0 Å². The van der Waals surface area contributed by atoms with E-state index in [-0.39, 0.29) is 31.0 Å². The third-order valence-electron chi connectivity index (χ3n) is 2.94. The molecule has 1 atom stereocenters. The van der Waals surface area contributed by atoms with E-state index in [1.54, 1.807) is 13.8 Å². The molecule has 0 aliphatic carbocycles. The van der Waals surface area contributed by atoms with Crippen LogP contribution in [0.15, 0.2) is 13.6 Å². The van der Waals surface area contributed by atoms with Crippen LogP contribution in [-0.4, -0.2) is 36.2 Å². The van der Waals surface area contributed by atoms with Crippen molar-refractivity contribution in [3.63, 3.8) is 0 Å². The lowest BCUT2D eigenvalue weighted by atomic mass is 10.1. The maximum absolute atomic E-state index is 12.0. The normalized spacial score (nSPS) is 11.7. The van der Waals surface area contributed by atoms with Crippen LogP contribution in [0, 0.1) is 12.3 Å². The number of nitrogens with one attached hydrogen (secondary N) is 2. The molecule has 0 saturated heterocycles.